The van der Waals surface area contributed by atoms with E-state index < -0.39 is 0 Å². The number of methoxy groups -OCH3 is 1. The Kier molecular flexibility index (Phi) is 5.22. The highest BCUT2D eigenvalue weighted by molar-refractivity contribution is 9.10. The molecule has 0 atom stereocenters. The molecule has 0 aliphatic carbocycles. The minimum atomic E-state index is -0.385. The molecule has 7 heteroatoms. The van der Waals surface area contributed by atoms with Gasteiger partial charge in [-0.25, -0.2) is 9.37 Å². The summed E-state index contributed by atoms with van der Waals surface area (Å²) in [6.45, 7) is 0. The number of hydrogen-bond acceptors (Lipinski definition) is 5. The van der Waals surface area contributed by atoms with E-state index in [0.717, 1.165) is 11.3 Å². The summed E-state index contributed by atoms with van der Waals surface area (Å²) in [5.74, 6) is 0.00838. The van der Waals surface area contributed by atoms with Crippen LogP contribution in [0.5, 0.6) is 5.75 Å². The number of nitrogens with zero attached hydrogens (tertiary/aromatic N) is 2. The molecule has 0 radical (unpaired) electrons. The van der Waals surface area contributed by atoms with Gasteiger partial charge in [-0.2, -0.15) is 5.10 Å². The smallest absolute Gasteiger partial charge is 0.203 e. The molecule has 122 valence electrons. The number of aromatic nitrogens is 1. The molecule has 2 aromatic carbocycles. The molecular formula is C17H13BrFN3OS. The number of hydrogen-bond donors (Lipinski definition) is 1. The van der Waals surface area contributed by atoms with E-state index in [1.807, 2.05) is 35.7 Å². The number of halogens is 2. The highest BCUT2D eigenvalue weighted by Crippen LogP contribution is 2.30. The van der Waals surface area contributed by atoms with Crippen LogP contribution in [0.15, 0.2) is 57.4 Å². The van der Waals surface area contributed by atoms with Gasteiger partial charge in [0.15, 0.2) is 0 Å². The Bertz CT molecular complexity index is 868. The van der Waals surface area contributed by atoms with Gasteiger partial charge in [-0.15, -0.1) is 11.3 Å². The average molecular weight is 406 g/mol. The number of thiazole rings is 1. The maximum atomic E-state index is 13.5. The second-order valence-corrected chi connectivity index (χ2v) is 6.41. The molecule has 0 unspecified atom stereocenters. The molecular weight excluding hydrogens is 393 g/mol. The van der Waals surface area contributed by atoms with Gasteiger partial charge in [-0.05, 0) is 28.1 Å². The highest BCUT2D eigenvalue weighted by atomic mass is 79.9. The predicted molar refractivity (Wildman–Crippen MR) is 99.4 cm³/mol. The van der Waals surface area contributed by atoms with E-state index in [2.05, 4.69) is 31.4 Å². The molecule has 3 aromatic rings. The maximum absolute atomic E-state index is 13.5. The molecule has 0 saturated carbocycles. The van der Waals surface area contributed by atoms with Crippen LogP contribution < -0.4 is 10.2 Å². The van der Waals surface area contributed by atoms with Crippen LogP contribution in [0, 0.1) is 5.82 Å². The normalized spacial score (nSPS) is 11.0. The van der Waals surface area contributed by atoms with Gasteiger partial charge in [0.25, 0.3) is 0 Å². The van der Waals surface area contributed by atoms with E-state index in [-0.39, 0.29) is 10.3 Å². The minimum Gasteiger partial charge on any atom is -0.495 e. The molecule has 0 fully saturated rings. The van der Waals surface area contributed by atoms with Gasteiger partial charge in [0.05, 0.1) is 23.5 Å². The average Bonchev–Trinajstić information content (AvgIpc) is 3.08. The summed E-state index contributed by atoms with van der Waals surface area (Å²) in [5.41, 5.74) is 5.47. The summed E-state index contributed by atoms with van der Waals surface area (Å²) in [6.07, 6.45) is 1.56. The van der Waals surface area contributed by atoms with Crippen molar-refractivity contribution in [2.75, 3.05) is 12.5 Å². The van der Waals surface area contributed by atoms with E-state index in [1.54, 1.807) is 12.3 Å². The lowest BCUT2D eigenvalue weighted by Gasteiger charge is -2.07. The van der Waals surface area contributed by atoms with Crippen molar-refractivity contribution in [1.82, 2.24) is 4.98 Å². The zero-order valence-corrected chi connectivity index (χ0v) is 15.1. The number of nitrogens with one attached hydrogen (secondary N) is 1. The molecule has 24 heavy (non-hydrogen) atoms. The summed E-state index contributed by atoms with van der Waals surface area (Å²) in [5, 5.41) is 6.78. The van der Waals surface area contributed by atoms with E-state index in [0.29, 0.717) is 16.4 Å². The Morgan fingerprint density at radius 2 is 2.04 bits per heavy atom. The Morgan fingerprint density at radius 3 is 2.79 bits per heavy atom. The largest absolute Gasteiger partial charge is 0.495 e. The Balaban J connectivity index is 1.74. The first-order valence-electron chi connectivity index (χ1n) is 7.01. The Morgan fingerprint density at radius 1 is 1.25 bits per heavy atom. The van der Waals surface area contributed by atoms with Gasteiger partial charge in [0.2, 0.25) is 5.13 Å². The van der Waals surface area contributed by atoms with Crippen LogP contribution in [-0.4, -0.2) is 18.3 Å². The monoisotopic (exact) mass is 405 g/mol. The molecule has 0 saturated heterocycles. The van der Waals surface area contributed by atoms with E-state index >= 15 is 0 Å². The van der Waals surface area contributed by atoms with Crippen LogP contribution in [0.2, 0.25) is 0 Å². The van der Waals surface area contributed by atoms with Crippen LogP contribution in [0.1, 0.15) is 5.56 Å². The molecule has 1 heterocycles. The van der Waals surface area contributed by atoms with Crippen LogP contribution >= 0.6 is 27.3 Å². The first kappa shape index (κ1) is 16.6. The third kappa shape index (κ3) is 3.63. The molecule has 1 aromatic heterocycles. The SMILES string of the molecule is COc1c(C=NNc2nc(-c3ccccc3)cs2)ccc(F)c1Br. The van der Waals surface area contributed by atoms with Crippen molar-refractivity contribution in [1.29, 1.82) is 0 Å². The number of hydrazone groups is 1. The van der Waals surface area contributed by atoms with Gasteiger partial charge in [-0.1, -0.05) is 30.3 Å². The van der Waals surface area contributed by atoms with Crippen molar-refractivity contribution in [3.05, 3.63) is 63.7 Å². The van der Waals surface area contributed by atoms with Crippen LogP contribution in [0.25, 0.3) is 11.3 Å². The van der Waals surface area contributed by atoms with E-state index in [9.17, 15) is 4.39 Å². The summed E-state index contributed by atoms with van der Waals surface area (Å²) >= 11 is 4.62. The molecule has 0 amide bonds. The standard InChI is InChI=1S/C17H13BrFN3OS/c1-23-16-12(7-8-13(19)15(16)18)9-20-22-17-21-14(10-24-17)11-5-3-2-4-6-11/h2-10H,1H3,(H,21,22). The number of benzene rings is 2. The van der Waals surface area contributed by atoms with Gasteiger partial charge in [0.1, 0.15) is 11.6 Å². The van der Waals surface area contributed by atoms with Crippen LogP contribution in [0.3, 0.4) is 0 Å². The fraction of sp³-hybridized carbons (Fsp3) is 0.0588. The lowest BCUT2D eigenvalue weighted by Crippen LogP contribution is -1.96. The fourth-order valence-corrected chi connectivity index (χ4v) is 3.27. The van der Waals surface area contributed by atoms with Gasteiger partial charge in [-0.3, -0.25) is 5.43 Å². The maximum Gasteiger partial charge on any atom is 0.203 e. The molecule has 0 spiro atoms. The van der Waals surface area contributed by atoms with Crippen molar-refractivity contribution in [2.45, 2.75) is 0 Å². The first-order valence-corrected chi connectivity index (χ1v) is 8.68. The highest BCUT2D eigenvalue weighted by Gasteiger charge is 2.10. The predicted octanol–water partition coefficient (Wildman–Crippen LogP) is 5.17. The molecule has 1 N–H and O–H groups in total. The summed E-state index contributed by atoms with van der Waals surface area (Å²) in [6, 6.07) is 12.9. The number of ether oxygens (including phenoxy) is 1. The molecule has 0 aliphatic heterocycles. The Hall–Kier alpha value is -2.25. The lowest BCUT2D eigenvalue weighted by molar-refractivity contribution is 0.407. The van der Waals surface area contributed by atoms with Crippen molar-refractivity contribution in [2.24, 2.45) is 5.10 Å². The van der Waals surface area contributed by atoms with Gasteiger partial charge >= 0.3 is 0 Å². The topological polar surface area (TPSA) is 46.5 Å². The van der Waals surface area contributed by atoms with Gasteiger partial charge < -0.3 is 4.74 Å². The molecule has 0 bridgehead atoms. The van der Waals surface area contributed by atoms with Crippen LogP contribution in [-0.2, 0) is 0 Å². The summed E-state index contributed by atoms with van der Waals surface area (Å²) in [4.78, 5) is 4.48. The van der Waals surface area contributed by atoms with Gasteiger partial charge in [0, 0.05) is 16.5 Å². The fourth-order valence-electron chi connectivity index (χ4n) is 2.08. The summed E-state index contributed by atoms with van der Waals surface area (Å²) in [7, 11) is 1.48. The minimum absolute atomic E-state index is 0.273. The third-order valence-corrected chi connectivity index (χ3v) is 4.71. The van der Waals surface area contributed by atoms with Crippen molar-refractivity contribution in [3.8, 4) is 17.0 Å². The number of anilines is 1. The van der Waals surface area contributed by atoms with E-state index in [1.165, 1.54) is 24.5 Å². The second-order valence-electron chi connectivity index (χ2n) is 4.76. The quantitative estimate of drug-likeness (QED) is 0.470. The van der Waals surface area contributed by atoms with E-state index in [4.69, 9.17) is 4.74 Å². The molecule has 3 rings (SSSR count). The number of rotatable bonds is 5. The van der Waals surface area contributed by atoms with Crippen LogP contribution in [0.4, 0.5) is 9.52 Å². The molecule has 4 nitrogen and oxygen atoms in total. The lowest BCUT2D eigenvalue weighted by atomic mass is 10.2. The van der Waals surface area contributed by atoms with Crippen molar-refractivity contribution in [3.63, 3.8) is 0 Å². The van der Waals surface area contributed by atoms with Crippen molar-refractivity contribution < 1.29 is 9.13 Å². The zero-order chi connectivity index (χ0) is 16.9. The van der Waals surface area contributed by atoms with Crippen molar-refractivity contribution >= 4 is 38.6 Å². The summed E-state index contributed by atoms with van der Waals surface area (Å²) < 4.78 is 19.0. The third-order valence-electron chi connectivity index (χ3n) is 3.22. The zero-order valence-electron chi connectivity index (χ0n) is 12.7. The Labute approximate surface area is 151 Å². The second kappa shape index (κ2) is 7.55. The molecule has 0 aliphatic rings. The first-order chi connectivity index (χ1) is 11.7.